The van der Waals surface area contributed by atoms with Crippen LogP contribution in [0, 0.1) is 0 Å². The third-order valence-corrected chi connectivity index (χ3v) is 4.05. The van der Waals surface area contributed by atoms with Gasteiger partial charge in [-0.15, -0.1) is 0 Å². The highest BCUT2D eigenvalue weighted by atomic mass is 32.2. The standard InChI is InChI=1S/C12H20N2O2S/c1-3-10(2)14-17(15,16)9-12-6-4-5-11(7-12)8-13/h4-7,10,14H,3,8-9,13H2,1-2H3. The van der Waals surface area contributed by atoms with Crippen LogP contribution in [0.5, 0.6) is 0 Å². The summed E-state index contributed by atoms with van der Waals surface area (Å²) in [5.41, 5.74) is 7.23. The summed E-state index contributed by atoms with van der Waals surface area (Å²) in [6.45, 7) is 4.22. The molecule has 0 spiro atoms. The second-order valence-corrected chi connectivity index (χ2v) is 5.96. The van der Waals surface area contributed by atoms with Crippen molar-refractivity contribution in [3.63, 3.8) is 0 Å². The normalized spacial score (nSPS) is 13.6. The zero-order chi connectivity index (χ0) is 12.9. The van der Waals surface area contributed by atoms with Gasteiger partial charge in [0.2, 0.25) is 10.0 Å². The minimum Gasteiger partial charge on any atom is -0.326 e. The molecule has 4 nitrogen and oxygen atoms in total. The number of nitrogens with two attached hydrogens (primary N) is 1. The molecule has 0 aliphatic rings. The van der Waals surface area contributed by atoms with Crippen molar-refractivity contribution in [1.82, 2.24) is 4.72 Å². The second kappa shape index (κ2) is 6.14. The van der Waals surface area contributed by atoms with E-state index in [9.17, 15) is 8.42 Å². The van der Waals surface area contributed by atoms with Crippen LogP contribution in [0.15, 0.2) is 24.3 Å². The smallest absolute Gasteiger partial charge is 0.216 e. The molecule has 17 heavy (non-hydrogen) atoms. The van der Waals surface area contributed by atoms with Gasteiger partial charge in [0.05, 0.1) is 5.75 Å². The number of nitrogens with one attached hydrogen (secondary N) is 1. The summed E-state index contributed by atoms with van der Waals surface area (Å²) in [6, 6.07) is 7.32. The molecule has 0 aromatic heterocycles. The van der Waals surface area contributed by atoms with Gasteiger partial charge in [-0.1, -0.05) is 31.2 Å². The Bertz CT molecular complexity index is 457. The predicted octanol–water partition coefficient (Wildman–Crippen LogP) is 1.36. The Hall–Kier alpha value is -0.910. The summed E-state index contributed by atoms with van der Waals surface area (Å²) < 4.78 is 26.3. The Morgan fingerprint density at radius 2 is 2.00 bits per heavy atom. The van der Waals surface area contributed by atoms with Crippen LogP contribution in [0.2, 0.25) is 0 Å². The average Bonchev–Trinajstić information content (AvgIpc) is 2.27. The summed E-state index contributed by atoms with van der Waals surface area (Å²) in [6.07, 6.45) is 0.780. The van der Waals surface area contributed by atoms with Crippen LogP contribution in [0.3, 0.4) is 0 Å². The molecular weight excluding hydrogens is 236 g/mol. The molecule has 0 fully saturated rings. The molecule has 0 amide bonds. The van der Waals surface area contributed by atoms with E-state index in [4.69, 9.17) is 5.73 Å². The van der Waals surface area contributed by atoms with Crippen molar-refractivity contribution in [2.75, 3.05) is 0 Å². The van der Waals surface area contributed by atoms with Crippen LogP contribution in [0.4, 0.5) is 0 Å². The third-order valence-electron chi connectivity index (χ3n) is 2.58. The first-order valence-electron chi connectivity index (χ1n) is 5.74. The van der Waals surface area contributed by atoms with E-state index in [1.807, 2.05) is 32.0 Å². The maximum atomic E-state index is 11.8. The molecule has 3 N–H and O–H groups in total. The van der Waals surface area contributed by atoms with E-state index in [-0.39, 0.29) is 11.8 Å². The van der Waals surface area contributed by atoms with E-state index in [0.717, 1.165) is 17.5 Å². The van der Waals surface area contributed by atoms with Gasteiger partial charge >= 0.3 is 0 Å². The van der Waals surface area contributed by atoms with Crippen molar-refractivity contribution in [2.45, 2.75) is 38.6 Å². The van der Waals surface area contributed by atoms with Gasteiger partial charge in [-0.2, -0.15) is 0 Å². The number of sulfonamides is 1. The van der Waals surface area contributed by atoms with Crippen LogP contribution >= 0.6 is 0 Å². The van der Waals surface area contributed by atoms with Gasteiger partial charge < -0.3 is 5.73 Å². The summed E-state index contributed by atoms with van der Waals surface area (Å²) >= 11 is 0. The van der Waals surface area contributed by atoms with Crippen molar-refractivity contribution in [3.8, 4) is 0 Å². The maximum Gasteiger partial charge on any atom is 0.216 e. The third kappa shape index (κ3) is 4.85. The molecule has 96 valence electrons. The molecule has 0 aliphatic heterocycles. The SMILES string of the molecule is CCC(C)NS(=O)(=O)Cc1cccc(CN)c1. The quantitative estimate of drug-likeness (QED) is 0.807. The van der Waals surface area contributed by atoms with E-state index in [1.165, 1.54) is 0 Å². The molecule has 0 saturated heterocycles. The topological polar surface area (TPSA) is 72.2 Å². The van der Waals surface area contributed by atoms with Crippen molar-refractivity contribution in [2.24, 2.45) is 5.73 Å². The summed E-state index contributed by atoms with van der Waals surface area (Å²) in [4.78, 5) is 0. The Morgan fingerprint density at radius 3 is 2.59 bits per heavy atom. The first kappa shape index (κ1) is 14.2. The van der Waals surface area contributed by atoms with Gasteiger partial charge in [0.15, 0.2) is 0 Å². The first-order valence-corrected chi connectivity index (χ1v) is 7.40. The Kier molecular flexibility index (Phi) is 5.11. The minimum atomic E-state index is -3.26. The van der Waals surface area contributed by atoms with Gasteiger partial charge in [0, 0.05) is 12.6 Å². The minimum absolute atomic E-state index is 0.00514. The lowest BCUT2D eigenvalue weighted by Crippen LogP contribution is -2.32. The molecule has 0 heterocycles. The van der Waals surface area contributed by atoms with Crippen molar-refractivity contribution in [3.05, 3.63) is 35.4 Å². The zero-order valence-electron chi connectivity index (χ0n) is 10.3. The van der Waals surface area contributed by atoms with E-state index in [2.05, 4.69) is 4.72 Å². The average molecular weight is 256 g/mol. The Morgan fingerprint density at radius 1 is 1.35 bits per heavy atom. The van der Waals surface area contributed by atoms with Crippen LogP contribution in [-0.4, -0.2) is 14.5 Å². The molecule has 0 saturated carbocycles. The Labute approximate surface area is 103 Å². The van der Waals surface area contributed by atoms with Crippen molar-refractivity contribution >= 4 is 10.0 Å². The monoisotopic (exact) mass is 256 g/mol. The summed E-state index contributed by atoms with van der Waals surface area (Å²) in [5.74, 6) is 0.00514. The molecule has 1 rings (SSSR count). The largest absolute Gasteiger partial charge is 0.326 e. The molecule has 1 atom stereocenters. The summed E-state index contributed by atoms with van der Waals surface area (Å²) in [5, 5.41) is 0. The molecule has 0 radical (unpaired) electrons. The van der Waals surface area contributed by atoms with Crippen LogP contribution < -0.4 is 10.5 Å². The van der Waals surface area contributed by atoms with Crippen molar-refractivity contribution in [1.29, 1.82) is 0 Å². The molecule has 0 bridgehead atoms. The Balaban J connectivity index is 2.75. The van der Waals surface area contributed by atoms with Gasteiger partial charge in [-0.05, 0) is 24.5 Å². The zero-order valence-corrected chi connectivity index (χ0v) is 11.1. The number of rotatable bonds is 6. The highest BCUT2D eigenvalue weighted by Crippen LogP contribution is 2.09. The fourth-order valence-electron chi connectivity index (χ4n) is 1.50. The van der Waals surface area contributed by atoms with Crippen LogP contribution in [-0.2, 0) is 22.3 Å². The molecule has 1 aromatic rings. The second-order valence-electron chi connectivity index (χ2n) is 4.21. The highest BCUT2D eigenvalue weighted by Gasteiger charge is 2.14. The van der Waals surface area contributed by atoms with E-state index in [0.29, 0.717) is 6.54 Å². The number of hydrogen-bond donors (Lipinski definition) is 2. The van der Waals surface area contributed by atoms with Crippen LogP contribution in [0.25, 0.3) is 0 Å². The lowest BCUT2D eigenvalue weighted by molar-refractivity contribution is 0.555. The lowest BCUT2D eigenvalue weighted by atomic mass is 10.1. The highest BCUT2D eigenvalue weighted by molar-refractivity contribution is 7.88. The summed E-state index contributed by atoms with van der Waals surface area (Å²) in [7, 11) is -3.26. The van der Waals surface area contributed by atoms with Gasteiger partial charge in [0.1, 0.15) is 0 Å². The lowest BCUT2D eigenvalue weighted by Gasteiger charge is -2.12. The number of benzene rings is 1. The van der Waals surface area contributed by atoms with Gasteiger partial charge in [-0.25, -0.2) is 13.1 Å². The van der Waals surface area contributed by atoms with E-state index in [1.54, 1.807) is 6.07 Å². The number of hydrogen-bond acceptors (Lipinski definition) is 3. The van der Waals surface area contributed by atoms with Crippen molar-refractivity contribution < 1.29 is 8.42 Å². The van der Waals surface area contributed by atoms with E-state index >= 15 is 0 Å². The van der Waals surface area contributed by atoms with Gasteiger partial charge in [-0.3, -0.25) is 0 Å². The van der Waals surface area contributed by atoms with Crippen LogP contribution in [0.1, 0.15) is 31.4 Å². The predicted molar refractivity (Wildman–Crippen MR) is 69.8 cm³/mol. The molecule has 5 heteroatoms. The fraction of sp³-hybridized carbons (Fsp3) is 0.500. The first-order chi connectivity index (χ1) is 7.96. The maximum absolute atomic E-state index is 11.8. The molecule has 0 aliphatic carbocycles. The fourth-order valence-corrected chi connectivity index (χ4v) is 2.98. The molecular formula is C12H20N2O2S. The molecule has 1 aromatic carbocycles. The molecule has 1 unspecified atom stereocenters. The van der Waals surface area contributed by atoms with Gasteiger partial charge in [0.25, 0.3) is 0 Å². The van der Waals surface area contributed by atoms with E-state index < -0.39 is 10.0 Å².